The van der Waals surface area contributed by atoms with Crippen LogP contribution in [0, 0.1) is 18.8 Å². The van der Waals surface area contributed by atoms with E-state index in [2.05, 4.69) is 20.4 Å². The van der Waals surface area contributed by atoms with Crippen LogP contribution >= 0.6 is 0 Å². The number of aryl methyl sites for hydroxylation is 1. The summed E-state index contributed by atoms with van der Waals surface area (Å²) in [5.74, 6) is 0.176. The summed E-state index contributed by atoms with van der Waals surface area (Å²) in [5.41, 5.74) is 6.42. The molecule has 0 bridgehead atoms. The first-order chi connectivity index (χ1) is 16.6. The summed E-state index contributed by atoms with van der Waals surface area (Å²) < 4.78 is 39.7. The van der Waals surface area contributed by atoms with Crippen LogP contribution in [0.5, 0.6) is 0 Å². The predicted molar refractivity (Wildman–Crippen MR) is 121 cm³/mol. The third kappa shape index (κ3) is 5.84. The van der Waals surface area contributed by atoms with Crippen LogP contribution in [-0.2, 0) is 19.1 Å². The number of primary amides is 1. The van der Waals surface area contributed by atoms with Crippen LogP contribution in [0.4, 0.5) is 13.2 Å². The highest BCUT2D eigenvalue weighted by Crippen LogP contribution is 2.32. The summed E-state index contributed by atoms with van der Waals surface area (Å²) in [6.45, 7) is 2.46. The number of aliphatic hydroxyl groups is 1. The summed E-state index contributed by atoms with van der Waals surface area (Å²) >= 11 is 0. The Morgan fingerprint density at radius 2 is 1.89 bits per heavy atom. The minimum atomic E-state index is -4.49. The summed E-state index contributed by atoms with van der Waals surface area (Å²) in [6, 6.07) is 6.60. The Hall–Kier alpha value is -3.34. The molecule has 2 heterocycles. The molecule has 0 atom stereocenters. The molecule has 0 spiro atoms. The monoisotopic (exact) mass is 488 g/mol. The van der Waals surface area contributed by atoms with Crippen LogP contribution in [-0.4, -0.2) is 42.8 Å². The third-order valence-electron chi connectivity index (χ3n) is 6.46. The Bertz CT molecular complexity index is 1200. The first-order valence-electron chi connectivity index (χ1n) is 11.5. The molecule has 1 aliphatic carbocycles. The molecule has 4 rings (SSSR count). The van der Waals surface area contributed by atoms with Crippen molar-refractivity contribution in [1.29, 1.82) is 0 Å². The summed E-state index contributed by atoms with van der Waals surface area (Å²) in [6.07, 6.45) is -0.668. The quantitative estimate of drug-likeness (QED) is 0.525. The summed E-state index contributed by atoms with van der Waals surface area (Å²) in [7, 11) is 0. The van der Waals surface area contributed by atoms with Crippen molar-refractivity contribution >= 4 is 5.91 Å². The lowest BCUT2D eigenvalue weighted by Gasteiger charge is -2.26. The van der Waals surface area contributed by atoms with Gasteiger partial charge in [-0.3, -0.25) is 4.79 Å². The maximum absolute atomic E-state index is 13.2. The van der Waals surface area contributed by atoms with Gasteiger partial charge in [-0.15, -0.1) is 10.2 Å². The molecule has 1 saturated carbocycles. The van der Waals surface area contributed by atoms with Gasteiger partial charge >= 0.3 is 6.18 Å². The maximum atomic E-state index is 13.2. The number of nitrogens with two attached hydrogens (primary N) is 1. The zero-order valence-electron chi connectivity index (χ0n) is 19.3. The number of rotatable bonds is 7. The average molecular weight is 489 g/mol. The van der Waals surface area contributed by atoms with Gasteiger partial charge in [0.15, 0.2) is 0 Å². The van der Waals surface area contributed by atoms with Crippen LogP contribution in [0.15, 0.2) is 30.3 Å². The van der Waals surface area contributed by atoms with Crippen LogP contribution in [0.2, 0.25) is 0 Å². The number of carbonyl (C=O) groups is 1. The lowest BCUT2D eigenvalue weighted by molar-refractivity contribution is -0.137. The number of hydrogen-bond acceptors (Lipinski definition) is 6. The topological polar surface area (TPSA) is 120 Å². The fraction of sp³-hybridized carbons (Fsp3) is 0.458. The van der Waals surface area contributed by atoms with Crippen molar-refractivity contribution in [2.45, 2.75) is 51.7 Å². The molecule has 3 N–H and O–H groups in total. The standard InChI is InChI=1S/C24H27F3N6O2/c1-14-9-20(23-30-32-33(31-23)12-15-5-7-16(13-34)8-6-15)19(21(29-14)22(28)35)11-17-3-2-4-18(10-17)24(25,26)27/h2-4,9-10,15-16,34H,5-8,11-13H2,1H3,(H2,28,35). The zero-order valence-corrected chi connectivity index (χ0v) is 19.3. The average Bonchev–Trinajstić information content (AvgIpc) is 3.28. The number of nitrogens with zero attached hydrogens (tertiary/aromatic N) is 5. The molecule has 8 nitrogen and oxygen atoms in total. The Balaban J connectivity index is 1.65. The lowest BCUT2D eigenvalue weighted by atomic mass is 9.82. The van der Waals surface area contributed by atoms with Crippen LogP contribution in [0.25, 0.3) is 11.4 Å². The second kappa shape index (κ2) is 10.1. The van der Waals surface area contributed by atoms with Gasteiger partial charge in [0.25, 0.3) is 5.91 Å². The normalized spacial score (nSPS) is 18.5. The van der Waals surface area contributed by atoms with Gasteiger partial charge in [-0.1, -0.05) is 18.2 Å². The molecule has 186 valence electrons. The summed E-state index contributed by atoms with van der Waals surface area (Å²) in [5, 5.41) is 22.2. The Morgan fingerprint density at radius 3 is 2.54 bits per heavy atom. The van der Waals surface area contributed by atoms with E-state index in [1.807, 2.05) is 0 Å². The second-order valence-electron chi connectivity index (χ2n) is 9.11. The number of amides is 1. The molecule has 11 heteroatoms. The Kier molecular flexibility index (Phi) is 7.15. The van der Waals surface area contributed by atoms with Crippen LogP contribution in [0.3, 0.4) is 0 Å². The minimum absolute atomic E-state index is 0.00940. The number of hydrogen-bond donors (Lipinski definition) is 2. The van der Waals surface area contributed by atoms with Crippen molar-refractivity contribution in [2.24, 2.45) is 17.6 Å². The Labute approximate surface area is 200 Å². The van der Waals surface area contributed by atoms with E-state index in [-0.39, 0.29) is 24.5 Å². The van der Waals surface area contributed by atoms with Gasteiger partial charge in [0.2, 0.25) is 5.82 Å². The molecule has 0 unspecified atom stereocenters. The van der Waals surface area contributed by atoms with Gasteiger partial charge in [-0.05, 0) is 72.9 Å². The van der Waals surface area contributed by atoms with Gasteiger partial charge in [-0.25, -0.2) is 4.98 Å². The number of tetrazole rings is 1. The first kappa shape index (κ1) is 24.8. The minimum Gasteiger partial charge on any atom is -0.396 e. The number of alkyl halides is 3. The molecule has 0 saturated heterocycles. The molecular weight excluding hydrogens is 461 g/mol. The molecule has 2 aromatic heterocycles. The highest BCUT2D eigenvalue weighted by molar-refractivity contribution is 5.94. The van der Waals surface area contributed by atoms with Gasteiger partial charge in [0.05, 0.1) is 12.1 Å². The van der Waals surface area contributed by atoms with Gasteiger partial charge in [0, 0.05) is 24.3 Å². The number of aliphatic hydroxyl groups excluding tert-OH is 1. The second-order valence-corrected chi connectivity index (χ2v) is 9.11. The van der Waals surface area contributed by atoms with E-state index >= 15 is 0 Å². The van der Waals surface area contributed by atoms with E-state index in [9.17, 15) is 23.1 Å². The molecule has 1 fully saturated rings. The van der Waals surface area contributed by atoms with Gasteiger partial charge < -0.3 is 10.8 Å². The fourth-order valence-electron chi connectivity index (χ4n) is 4.60. The van der Waals surface area contributed by atoms with Crippen LogP contribution in [0.1, 0.15) is 58.6 Å². The molecule has 0 aliphatic heterocycles. The number of aromatic nitrogens is 5. The number of benzene rings is 1. The highest BCUT2D eigenvalue weighted by atomic mass is 19.4. The number of halogens is 3. The molecular formula is C24H27F3N6O2. The third-order valence-corrected chi connectivity index (χ3v) is 6.46. The molecule has 1 aliphatic rings. The lowest BCUT2D eigenvalue weighted by Crippen LogP contribution is -2.21. The molecule has 1 aromatic carbocycles. The van der Waals surface area contributed by atoms with Crippen molar-refractivity contribution in [3.05, 3.63) is 58.4 Å². The van der Waals surface area contributed by atoms with Gasteiger partial charge in [-0.2, -0.15) is 18.0 Å². The van der Waals surface area contributed by atoms with Crippen molar-refractivity contribution < 1.29 is 23.1 Å². The van der Waals surface area contributed by atoms with Gasteiger partial charge in [0.1, 0.15) is 5.69 Å². The van der Waals surface area contributed by atoms with E-state index < -0.39 is 17.6 Å². The van der Waals surface area contributed by atoms with Crippen LogP contribution < -0.4 is 5.73 Å². The van der Waals surface area contributed by atoms with Crippen molar-refractivity contribution in [3.63, 3.8) is 0 Å². The number of carbonyl (C=O) groups excluding carboxylic acids is 1. The maximum Gasteiger partial charge on any atom is 0.416 e. The van der Waals surface area contributed by atoms with Crippen molar-refractivity contribution in [3.8, 4) is 11.4 Å². The SMILES string of the molecule is Cc1cc(-c2nnn(CC3CCC(CO)CC3)n2)c(Cc2cccc(C(F)(F)F)c2)c(C(N)=O)n1. The Morgan fingerprint density at radius 1 is 1.17 bits per heavy atom. The fourth-order valence-corrected chi connectivity index (χ4v) is 4.60. The van der Waals surface area contributed by atoms with E-state index in [1.165, 1.54) is 10.9 Å². The molecule has 1 amide bonds. The van der Waals surface area contributed by atoms with E-state index in [4.69, 9.17) is 5.73 Å². The zero-order chi connectivity index (χ0) is 25.2. The van der Waals surface area contributed by atoms with Crippen molar-refractivity contribution in [1.82, 2.24) is 25.2 Å². The predicted octanol–water partition coefficient (Wildman–Crippen LogP) is 3.55. The highest BCUT2D eigenvalue weighted by Gasteiger charge is 2.31. The largest absolute Gasteiger partial charge is 0.416 e. The van der Waals surface area contributed by atoms with E-state index in [0.29, 0.717) is 40.8 Å². The molecule has 3 aromatic rings. The molecule has 0 radical (unpaired) electrons. The smallest absolute Gasteiger partial charge is 0.396 e. The van der Waals surface area contributed by atoms with E-state index in [0.717, 1.165) is 37.8 Å². The number of pyridine rings is 1. The van der Waals surface area contributed by atoms with Crippen molar-refractivity contribution in [2.75, 3.05) is 6.61 Å². The van der Waals surface area contributed by atoms with E-state index in [1.54, 1.807) is 19.1 Å². The molecule has 35 heavy (non-hydrogen) atoms. The first-order valence-corrected chi connectivity index (χ1v) is 11.5. The summed E-state index contributed by atoms with van der Waals surface area (Å²) in [4.78, 5) is 17.9.